The Labute approximate surface area is 175 Å². The molecule has 0 atom stereocenters. The summed E-state index contributed by atoms with van der Waals surface area (Å²) in [6.45, 7) is 5.36. The van der Waals surface area contributed by atoms with Gasteiger partial charge in [0.1, 0.15) is 18.7 Å². The van der Waals surface area contributed by atoms with Gasteiger partial charge in [0.2, 0.25) is 0 Å². The van der Waals surface area contributed by atoms with Gasteiger partial charge in [0.15, 0.2) is 5.96 Å². The Morgan fingerprint density at radius 1 is 1.29 bits per heavy atom. The minimum Gasteiger partial charge on any atom is -0.381 e. The molecule has 152 valence electrons. The molecular weight excluding hydrogens is 399 g/mol. The van der Waals surface area contributed by atoms with E-state index in [9.17, 15) is 0 Å². The van der Waals surface area contributed by atoms with Crippen molar-refractivity contribution in [1.29, 1.82) is 0 Å². The zero-order valence-electron chi connectivity index (χ0n) is 16.2. The van der Waals surface area contributed by atoms with Gasteiger partial charge in [-0.3, -0.25) is 4.68 Å². The predicted molar refractivity (Wildman–Crippen MR) is 112 cm³/mol. The van der Waals surface area contributed by atoms with Crippen molar-refractivity contribution in [3.63, 3.8) is 0 Å². The molecule has 1 aromatic carbocycles. The topological polar surface area (TPSA) is 76.4 Å². The van der Waals surface area contributed by atoms with Gasteiger partial charge in [-0.25, -0.2) is 9.98 Å². The van der Waals surface area contributed by atoms with Crippen LogP contribution in [0.15, 0.2) is 29.5 Å². The highest BCUT2D eigenvalue weighted by atomic mass is 35.5. The number of nitrogens with one attached hydrogen (secondary N) is 2. The van der Waals surface area contributed by atoms with Crippen LogP contribution in [0.1, 0.15) is 31.2 Å². The predicted octanol–water partition coefficient (Wildman–Crippen LogP) is 2.93. The van der Waals surface area contributed by atoms with Crippen molar-refractivity contribution in [3.05, 3.63) is 46.0 Å². The minimum atomic E-state index is -0.138. The van der Waals surface area contributed by atoms with Crippen LogP contribution in [0.3, 0.4) is 0 Å². The minimum absolute atomic E-state index is 0.138. The molecule has 0 bridgehead atoms. The fourth-order valence-corrected chi connectivity index (χ4v) is 4.04. The van der Waals surface area contributed by atoms with Gasteiger partial charge in [-0.15, -0.1) is 0 Å². The van der Waals surface area contributed by atoms with Crippen LogP contribution >= 0.6 is 23.2 Å². The van der Waals surface area contributed by atoms with Crippen LogP contribution in [0.25, 0.3) is 0 Å². The van der Waals surface area contributed by atoms with Crippen LogP contribution in [0.5, 0.6) is 0 Å². The van der Waals surface area contributed by atoms with Gasteiger partial charge < -0.3 is 15.4 Å². The first-order chi connectivity index (χ1) is 13.5. The van der Waals surface area contributed by atoms with E-state index in [0.717, 1.165) is 36.7 Å². The first kappa shape index (κ1) is 20.9. The Bertz CT molecular complexity index is 817. The van der Waals surface area contributed by atoms with Gasteiger partial charge in [0.05, 0.1) is 0 Å². The number of rotatable bonds is 6. The summed E-state index contributed by atoms with van der Waals surface area (Å²) < 4.78 is 7.34. The number of aromatic nitrogens is 3. The molecule has 0 saturated carbocycles. The highest BCUT2D eigenvalue weighted by Crippen LogP contribution is 2.39. The van der Waals surface area contributed by atoms with E-state index in [1.165, 1.54) is 6.33 Å². The maximum Gasteiger partial charge on any atom is 0.191 e. The molecule has 0 aliphatic carbocycles. The zero-order valence-corrected chi connectivity index (χ0v) is 17.7. The maximum absolute atomic E-state index is 6.56. The third-order valence-electron chi connectivity index (χ3n) is 5.07. The fourth-order valence-electron chi connectivity index (χ4n) is 3.43. The summed E-state index contributed by atoms with van der Waals surface area (Å²) in [7, 11) is 1.86. The molecule has 0 amide bonds. The Morgan fingerprint density at radius 2 is 2.07 bits per heavy atom. The Morgan fingerprint density at radius 3 is 2.71 bits per heavy atom. The van der Waals surface area contributed by atoms with Crippen molar-refractivity contribution in [2.75, 3.05) is 26.3 Å². The summed E-state index contributed by atoms with van der Waals surface area (Å²) in [5.74, 6) is 1.54. The normalized spacial score (nSPS) is 16.8. The van der Waals surface area contributed by atoms with Crippen molar-refractivity contribution in [2.24, 2.45) is 12.0 Å². The summed E-state index contributed by atoms with van der Waals surface area (Å²) in [6.07, 6.45) is 3.29. The molecule has 1 aromatic heterocycles. The van der Waals surface area contributed by atoms with Crippen molar-refractivity contribution >= 4 is 29.2 Å². The maximum atomic E-state index is 6.56. The highest BCUT2D eigenvalue weighted by molar-refractivity contribution is 6.35. The van der Waals surface area contributed by atoms with Crippen LogP contribution in [-0.4, -0.2) is 47.0 Å². The second-order valence-corrected chi connectivity index (χ2v) is 7.71. The average molecular weight is 425 g/mol. The number of hydrogen-bond donors (Lipinski definition) is 2. The number of ether oxygens (including phenoxy) is 1. The number of nitrogens with zero attached hydrogens (tertiary/aromatic N) is 4. The van der Waals surface area contributed by atoms with Gasteiger partial charge in [-0.05, 0) is 37.5 Å². The highest BCUT2D eigenvalue weighted by Gasteiger charge is 2.36. The molecule has 3 rings (SSSR count). The lowest BCUT2D eigenvalue weighted by molar-refractivity contribution is 0.0514. The second kappa shape index (κ2) is 9.58. The lowest BCUT2D eigenvalue weighted by Gasteiger charge is -2.39. The summed E-state index contributed by atoms with van der Waals surface area (Å²) in [6, 6.07) is 5.73. The summed E-state index contributed by atoms with van der Waals surface area (Å²) >= 11 is 12.7. The van der Waals surface area contributed by atoms with Crippen LogP contribution in [0.4, 0.5) is 0 Å². The van der Waals surface area contributed by atoms with Gasteiger partial charge in [-0.1, -0.05) is 29.3 Å². The second-order valence-electron chi connectivity index (χ2n) is 6.87. The molecule has 9 heteroatoms. The number of aliphatic imine (C=N–C) groups is 1. The van der Waals surface area contributed by atoms with Gasteiger partial charge >= 0.3 is 0 Å². The molecule has 0 unspecified atom stereocenters. The standard InChI is InChI=1S/C19H26Cl2N6O/c1-3-22-18(23-11-17-25-13-26-27(17)2)24-12-19(6-8-28-9-7-19)15-5-4-14(20)10-16(15)21/h4-5,10,13H,3,6-9,11-12H2,1-2H3,(H2,22,23,24). The molecule has 2 aromatic rings. The third kappa shape index (κ3) is 4.96. The molecule has 1 fully saturated rings. The summed E-state index contributed by atoms with van der Waals surface area (Å²) in [5.41, 5.74) is 0.958. The zero-order chi connectivity index (χ0) is 20.0. The largest absolute Gasteiger partial charge is 0.381 e. The van der Waals surface area contributed by atoms with Crippen molar-refractivity contribution in [1.82, 2.24) is 25.4 Å². The van der Waals surface area contributed by atoms with E-state index < -0.39 is 0 Å². The van der Waals surface area contributed by atoms with Gasteiger partial charge in [-0.2, -0.15) is 5.10 Å². The van der Waals surface area contributed by atoms with E-state index in [2.05, 4.69) is 25.7 Å². The van der Waals surface area contributed by atoms with E-state index in [-0.39, 0.29) is 5.41 Å². The first-order valence-corrected chi connectivity index (χ1v) is 10.2. The Balaban J connectivity index is 1.78. The molecule has 1 aliphatic heterocycles. The van der Waals surface area contributed by atoms with E-state index >= 15 is 0 Å². The third-order valence-corrected chi connectivity index (χ3v) is 5.62. The van der Waals surface area contributed by atoms with E-state index in [0.29, 0.717) is 36.3 Å². The van der Waals surface area contributed by atoms with Crippen LogP contribution in [0, 0.1) is 0 Å². The molecule has 1 aliphatic rings. The number of hydrogen-bond acceptors (Lipinski definition) is 4. The number of guanidine groups is 1. The smallest absolute Gasteiger partial charge is 0.191 e. The molecule has 2 N–H and O–H groups in total. The molecular formula is C19H26Cl2N6O. The van der Waals surface area contributed by atoms with E-state index in [4.69, 9.17) is 27.9 Å². The lowest BCUT2D eigenvalue weighted by Crippen LogP contribution is -2.48. The number of aryl methyl sites for hydroxylation is 1. The Hall–Kier alpha value is -1.83. The van der Waals surface area contributed by atoms with Crippen molar-refractivity contribution in [3.8, 4) is 0 Å². The molecule has 0 radical (unpaired) electrons. The first-order valence-electron chi connectivity index (χ1n) is 9.42. The van der Waals surface area contributed by atoms with Crippen LogP contribution in [-0.2, 0) is 23.7 Å². The van der Waals surface area contributed by atoms with Crippen molar-refractivity contribution < 1.29 is 4.74 Å². The van der Waals surface area contributed by atoms with Gasteiger partial charge in [0.25, 0.3) is 0 Å². The molecule has 2 heterocycles. The van der Waals surface area contributed by atoms with E-state index in [1.54, 1.807) is 4.68 Å². The Kier molecular flexibility index (Phi) is 7.15. The summed E-state index contributed by atoms with van der Waals surface area (Å²) in [4.78, 5) is 8.87. The van der Waals surface area contributed by atoms with Crippen molar-refractivity contribution in [2.45, 2.75) is 31.7 Å². The average Bonchev–Trinajstić information content (AvgIpc) is 3.09. The monoisotopic (exact) mass is 424 g/mol. The number of benzene rings is 1. The molecule has 0 spiro atoms. The van der Waals surface area contributed by atoms with Crippen LogP contribution in [0.2, 0.25) is 10.0 Å². The molecule has 28 heavy (non-hydrogen) atoms. The quantitative estimate of drug-likeness (QED) is 0.550. The summed E-state index contributed by atoms with van der Waals surface area (Å²) in [5, 5.41) is 12.2. The molecule has 1 saturated heterocycles. The van der Waals surface area contributed by atoms with Crippen LogP contribution < -0.4 is 10.6 Å². The SMILES string of the molecule is CCNC(=NCc1ncnn1C)NCC1(c2ccc(Cl)cc2Cl)CCOCC1. The fraction of sp³-hybridized carbons (Fsp3) is 0.526. The lowest BCUT2D eigenvalue weighted by atomic mass is 9.74. The van der Waals surface area contributed by atoms with E-state index in [1.807, 2.05) is 32.2 Å². The van der Waals surface area contributed by atoms with Gasteiger partial charge in [0, 0.05) is 48.8 Å². The molecule has 7 nitrogen and oxygen atoms in total. The number of halogens is 2.